The van der Waals surface area contributed by atoms with Gasteiger partial charge in [-0.05, 0) is 0 Å². The van der Waals surface area contributed by atoms with Crippen LogP contribution >= 0.6 is 31.9 Å². The maximum Gasteiger partial charge on any atom is 0.330 e. The first-order chi connectivity index (χ1) is 8.93. The van der Waals surface area contributed by atoms with Gasteiger partial charge in [0.05, 0.1) is 18.3 Å². The molecule has 0 spiro atoms. The molecule has 1 unspecified atom stereocenters. The molecule has 1 saturated heterocycles. The molecular formula is C11H12Br2N2O4. The molecule has 0 aliphatic carbocycles. The number of hydrogen-bond donors (Lipinski definition) is 2. The van der Waals surface area contributed by atoms with Gasteiger partial charge in [0.25, 0.3) is 5.56 Å². The van der Waals surface area contributed by atoms with Gasteiger partial charge in [-0.25, -0.2) is 4.79 Å². The largest absolute Gasteiger partial charge is 0.394 e. The van der Waals surface area contributed by atoms with Gasteiger partial charge in [-0.3, -0.25) is 14.3 Å². The van der Waals surface area contributed by atoms with Crippen molar-refractivity contribution in [2.45, 2.75) is 23.6 Å². The molecule has 1 aliphatic heterocycles. The number of aromatic amines is 1. The lowest BCUT2D eigenvalue weighted by Gasteiger charge is -2.15. The van der Waals surface area contributed by atoms with Crippen molar-refractivity contribution in [3.05, 3.63) is 39.2 Å². The minimum absolute atomic E-state index is 0.0445. The maximum atomic E-state index is 11.8. The number of nitrogens with zero attached hydrogens (tertiary/aromatic N) is 1. The standard InChI is InChI=1S/C11H12Br2N2O4/c1-5(12)6-3-15(11(18)14-10(6)17)9-2-7(13)8(4-16)19-9/h3,7-9,16H,1-2,4H2,(H,14,17,18)/t7?,8-,9-/m1/s1. The summed E-state index contributed by atoms with van der Waals surface area (Å²) >= 11 is 6.51. The van der Waals surface area contributed by atoms with E-state index in [-0.39, 0.29) is 23.1 Å². The molecule has 1 aromatic rings. The van der Waals surface area contributed by atoms with Gasteiger partial charge in [0.1, 0.15) is 6.23 Å². The second kappa shape index (κ2) is 5.74. The lowest BCUT2D eigenvalue weighted by molar-refractivity contribution is -0.0235. The molecule has 104 valence electrons. The Labute approximate surface area is 125 Å². The van der Waals surface area contributed by atoms with Crippen molar-refractivity contribution in [3.8, 4) is 0 Å². The highest BCUT2D eigenvalue weighted by molar-refractivity contribution is 9.15. The van der Waals surface area contributed by atoms with Crippen molar-refractivity contribution >= 4 is 36.3 Å². The number of ether oxygens (including phenoxy) is 1. The number of nitrogens with one attached hydrogen (secondary N) is 1. The van der Waals surface area contributed by atoms with Crippen LogP contribution in [0, 0.1) is 0 Å². The smallest absolute Gasteiger partial charge is 0.330 e. The molecule has 0 amide bonds. The van der Waals surface area contributed by atoms with E-state index < -0.39 is 17.5 Å². The third-order valence-electron chi connectivity index (χ3n) is 2.91. The van der Waals surface area contributed by atoms with E-state index in [0.29, 0.717) is 10.9 Å². The first-order valence-corrected chi connectivity index (χ1v) is 7.25. The highest BCUT2D eigenvalue weighted by Gasteiger charge is 2.34. The van der Waals surface area contributed by atoms with Gasteiger partial charge < -0.3 is 9.84 Å². The van der Waals surface area contributed by atoms with E-state index in [1.165, 1.54) is 10.8 Å². The van der Waals surface area contributed by atoms with Gasteiger partial charge in [0.15, 0.2) is 0 Å². The highest BCUT2D eigenvalue weighted by Crippen LogP contribution is 2.32. The molecule has 1 aromatic heterocycles. The monoisotopic (exact) mass is 394 g/mol. The minimum atomic E-state index is -0.550. The number of H-pyrrole nitrogens is 1. The number of aliphatic hydroxyl groups excluding tert-OH is 1. The molecule has 2 N–H and O–H groups in total. The number of aromatic nitrogens is 2. The number of halogens is 2. The maximum absolute atomic E-state index is 11.8. The summed E-state index contributed by atoms with van der Waals surface area (Å²) in [5.74, 6) is 0. The number of alkyl halides is 1. The van der Waals surface area contributed by atoms with Crippen LogP contribution in [0.5, 0.6) is 0 Å². The van der Waals surface area contributed by atoms with Gasteiger partial charge in [-0.2, -0.15) is 0 Å². The van der Waals surface area contributed by atoms with Crippen LogP contribution < -0.4 is 11.2 Å². The first-order valence-electron chi connectivity index (χ1n) is 5.54. The summed E-state index contributed by atoms with van der Waals surface area (Å²) in [4.78, 5) is 25.6. The van der Waals surface area contributed by atoms with Crippen LogP contribution in [-0.4, -0.2) is 32.2 Å². The van der Waals surface area contributed by atoms with E-state index in [2.05, 4.69) is 43.4 Å². The first kappa shape index (κ1) is 14.7. The molecule has 0 bridgehead atoms. The van der Waals surface area contributed by atoms with E-state index in [0.717, 1.165) is 0 Å². The summed E-state index contributed by atoms with van der Waals surface area (Å²) in [5.41, 5.74) is -0.789. The lowest BCUT2D eigenvalue weighted by atomic mass is 10.2. The SMILES string of the molecule is C=C(Br)c1cn([C@H]2CC(Br)[C@@H](CO)O2)c(=O)[nH]c1=O. The van der Waals surface area contributed by atoms with Crippen LogP contribution in [0.3, 0.4) is 0 Å². The van der Waals surface area contributed by atoms with Crippen molar-refractivity contribution < 1.29 is 9.84 Å². The number of rotatable bonds is 3. The van der Waals surface area contributed by atoms with E-state index in [4.69, 9.17) is 9.84 Å². The fraction of sp³-hybridized carbons (Fsp3) is 0.455. The summed E-state index contributed by atoms with van der Waals surface area (Å²) < 4.78 is 7.25. The van der Waals surface area contributed by atoms with Gasteiger partial charge in [0, 0.05) is 21.9 Å². The van der Waals surface area contributed by atoms with Crippen LogP contribution in [0.15, 0.2) is 22.4 Å². The number of hydrogen-bond acceptors (Lipinski definition) is 4. The van der Waals surface area contributed by atoms with Crippen molar-refractivity contribution in [2.24, 2.45) is 0 Å². The molecule has 0 saturated carbocycles. The van der Waals surface area contributed by atoms with Crippen molar-refractivity contribution in [1.29, 1.82) is 0 Å². The molecule has 0 aromatic carbocycles. The minimum Gasteiger partial charge on any atom is -0.394 e. The van der Waals surface area contributed by atoms with E-state index >= 15 is 0 Å². The molecule has 19 heavy (non-hydrogen) atoms. The molecule has 1 aliphatic rings. The Balaban J connectivity index is 2.41. The quantitative estimate of drug-likeness (QED) is 0.746. The van der Waals surface area contributed by atoms with Crippen molar-refractivity contribution in [3.63, 3.8) is 0 Å². The fourth-order valence-corrected chi connectivity index (χ4v) is 2.81. The van der Waals surface area contributed by atoms with Crippen LogP contribution in [0.1, 0.15) is 18.2 Å². The van der Waals surface area contributed by atoms with E-state index in [1.54, 1.807) is 0 Å². The Morgan fingerprint density at radius 2 is 2.32 bits per heavy atom. The molecule has 2 rings (SSSR count). The average molecular weight is 396 g/mol. The normalized spacial score (nSPS) is 26.6. The lowest BCUT2D eigenvalue weighted by Crippen LogP contribution is -2.33. The van der Waals surface area contributed by atoms with Crippen molar-refractivity contribution in [1.82, 2.24) is 9.55 Å². The second-order valence-electron chi connectivity index (χ2n) is 4.18. The molecule has 2 heterocycles. The molecule has 0 radical (unpaired) electrons. The molecule has 8 heteroatoms. The summed E-state index contributed by atoms with van der Waals surface area (Å²) in [6, 6.07) is 0. The second-order valence-corrected chi connectivity index (χ2v) is 6.31. The van der Waals surface area contributed by atoms with Crippen LogP contribution in [0.25, 0.3) is 4.48 Å². The summed E-state index contributed by atoms with van der Waals surface area (Å²) in [5, 5.41) is 9.14. The third kappa shape index (κ3) is 2.91. The zero-order valence-corrected chi connectivity index (χ0v) is 13.0. The predicted octanol–water partition coefficient (Wildman–Crippen LogP) is 0.945. The fourth-order valence-electron chi connectivity index (χ4n) is 1.92. The van der Waals surface area contributed by atoms with E-state index in [1.807, 2.05) is 0 Å². The topological polar surface area (TPSA) is 84.3 Å². The average Bonchev–Trinajstić information content (AvgIpc) is 2.69. The van der Waals surface area contributed by atoms with Gasteiger partial charge >= 0.3 is 5.69 Å². The van der Waals surface area contributed by atoms with Gasteiger partial charge in [-0.1, -0.05) is 38.4 Å². The zero-order valence-electron chi connectivity index (χ0n) is 9.81. The summed E-state index contributed by atoms with van der Waals surface area (Å²) in [7, 11) is 0. The van der Waals surface area contributed by atoms with Gasteiger partial charge in [-0.15, -0.1) is 0 Å². The van der Waals surface area contributed by atoms with E-state index in [9.17, 15) is 9.59 Å². The number of aliphatic hydroxyl groups is 1. The third-order valence-corrected chi connectivity index (χ3v) is 4.30. The molecule has 3 atom stereocenters. The Kier molecular flexibility index (Phi) is 4.44. The van der Waals surface area contributed by atoms with Crippen LogP contribution in [0.4, 0.5) is 0 Å². The van der Waals surface area contributed by atoms with Crippen LogP contribution in [0.2, 0.25) is 0 Å². The molecular weight excluding hydrogens is 384 g/mol. The Morgan fingerprint density at radius 3 is 2.84 bits per heavy atom. The molecule has 1 fully saturated rings. The highest BCUT2D eigenvalue weighted by atomic mass is 79.9. The predicted molar refractivity (Wildman–Crippen MR) is 77.6 cm³/mol. The molecule has 6 nitrogen and oxygen atoms in total. The summed E-state index contributed by atoms with van der Waals surface area (Å²) in [6.07, 6.45) is 1.02. The Hall–Kier alpha value is -0.700. The Morgan fingerprint density at radius 1 is 1.63 bits per heavy atom. The van der Waals surface area contributed by atoms with Gasteiger partial charge in [0.2, 0.25) is 0 Å². The Bertz CT molecular complexity index is 609. The summed E-state index contributed by atoms with van der Waals surface area (Å²) in [6.45, 7) is 3.48. The zero-order chi connectivity index (χ0) is 14.2. The van der Waals surface area contributed by atoms with Crippen LogP contribution in [-0.2, 0) is 4.74 Å². The van der Waals surface area contributed by atoms with Crippen molar-refractivity contribution in [2.75, 3.05) is 6.61 Å².